The lowest BCUT2D eigenvalue weighted by atomic mass is 10.3. The number of carboxylic acid groups (broad SMARTS) is 1. The van der Waals surface area contributed by atoms with Crippen LogP contribution in [-0.4, -0.2) is 31.3 Å². The van der Waals surface area contributed by atoms with Crippen LogP contribution in [0.3, 0.4) is 0 Å². The number of carbonyl (C=O) groups is 1. The van der Waals surface area contributed by atoms with Crippen molar-refractivity contribution in [3.8, 4) is 0 Å². The molecule has 88 valence electrons. The molecule has 0 saturated carbocycles. The topological polar surface area (TPSA) is 128 Å². The van der Waals surface area contributed by atoms with Gasteiger partial charge in [-0.15, -0.1) is 11.8 Å². The highest BCUT2D eigenvalue weighted by Crippen LogP contribution is 2.19. The standard InChI is InChI=1S/C8H13N5O2S/c1-2-4(6(14)15)16-3-5-11-7(9)13-8(10)12-5/h4H,2-3H2,1H3,(H,14,15)(H4,9,10,11,12,13). The molecule has 0 fully saturated rings. The first-order valence-electron chi connectivity index (χ1n) is 4.63. The van der Waals surface area contributed by atoms with E-state index in [1.807, 2.05) is 6.92 Å². The van der Waals surface area contributed by atoms with E-state index >= 15 is 0 Å². The third-order valence-electron chi connectivity index (χ3n) is 1.78. The molecule has 0 aromatic carbocycles. The Hall–Kier alpha value is -1.57. The molecular weight excluding hydrogens is 230 g/mol. The second-order valence-corrected chi connectivity index (χ2v) is 4.21. The lowest BCUT2D eigenvalue weighted by Crippen LogP contribution is -2.16. The highest BCUT2D eigenvalue weighted by molar-refractivity contribution is 7.99. The van der Waals surface area contributed by atoms with Crippen molar-refractivity contribution in [3.05, 3.63) is 5.82 Å². The fourth-order valence-electron chi connectivity index (χ4n) is 1.06. The van der Waals surface area contributed by atoms with Gasteiger partial charge in [-0.25, -0.2) is 0 Å². The summed E-state index contributed by atoms with van der Waals surface area (Å²) in [4.78, 5) is 22.1. The van der Waals surface area contributed by atoms with Crippen LogP contribution in [0.4, 0.5) is 11.9 Å². The second-order valence-electron chi connectivity index (χ2n) is 3.01. The maximum Gasteiger partial charge on any atom is 0.316 e. The zero-order chi connectivity index (χ0) is 12.1. The van der Waals surface area contributed by atoms with Gasteiger partial charge in [0, 0.05) is 0 Å². The van der Waals surface area contributed by atoms with Gasteiger partial charge in [-0.2, -0.15) is 15.0 Å². The van der Waals surface area contributed by atoms with Crippen LogP contribution in [0.2, 0.25) is 0 Å². The van der Waals surface area contributed by atoms with Crippen molar-refractivity contribution >= 4 is 29.6 Å². The summed E-state index contributed by atoms with van der Waals surface area (Å²) in [6.07, 6.45) is 0.538. The number of hydrogen-bond donors (Lipinski definition) is 3. The Morgan fingerprint density at radius 3 is 2.38 bits per heavy atom. The van der Waals surface area contributed by atoms with E-state index in [4.69, 9.17) is 16.6 Å². The predicted molar refractivity (Wildman–Crippen MR) is 61.7 cm³/mol. The molecule has 0 spiro atoms. The van der Waals surface area contributed by atoms with Crippen LogP contribution < -0.4 is 11.5 Å². The van der Waals surface area contributed by atoms with Crippen molar-refractivity contribution in [1.82, 2.24) is 15.0 Å². The van der Waals surface area contributed by atoms with E-state index in [-0.39, 0.29) is 11.9 Å². The molecule has 8 heteroatoms. The summed E-state index contributed by atoms with van der Waals surface area (Å²) in [6.45, 7) is 1.81. The minimum Gasteiger partial charge on any atom is -0.480 e. The minimum absolute atomic E-state index is 0.0477. The molecule has 1 atom stereocenters. The number of nitrogen functional groups attached to an aromatic ring is 2. The number of anilines is 2. The van der Waals surface area contributed by atoms with Crippen LogP contribution in [0.5, 0.6) is 0 Å². The van der Waals surface area contributed by atoms with Crippen LogP contribution in [0, 0.1) is 0 Å². The molecule has 0 aliphatic heterocycles. The Bertz CT molecular complexity index is 366. The second kappa shape index (κ2) is 5.50. The van der Waals surface area contributed by atoms with E-state index in [9.17, 15) is 4.79 Å². The number of nitrogens with two attached hydrogens (primary N) is 2. The highest BCUT2D eigenvalue weighted by atomic mass is 32.2. The predicted octanol–water partition coefficient (Wildman–Crippen LogP) is 0.132. The number of carboxylic acids is 1. The molecule has 0 bridgehead atoms. The van der Waals surface area contributed by atoms with Crippen molar-refractivity contribution in [2.24, 2.45) is 0 Å². The Morgan fingerprint density at radius 1 is 1.38 bits per heavy atom. The third-order valence-corrected chi connectivity index (χ3v) is 3.14. The average molecular weight is 243 g/mol. The normalized spacial score (nSPS) is 12.3. The monoisotopic (exact) mass is 243 g/mol. The first-order chi connectivity index (χ1) is 7.52. The van der Waals surface area contributed by atoms with Gasteiger partial charge < -0.3 is 16.6 Å². The maximum atomic E-state index is 10.8. The van der Waals surface area contributed by atoms with Gasteiger partial charge in [-0.1, -0.05) is 6.92 Å². The highest BCUT2D eigenvalue weighted by Gasteiger charge is 2.16. The van der Waals surface area contributed by atoms with E-state index in [1.54, 1.807) is 0 Å². The lowest BCUT2D eigenvalue weighted by molar-refractivity contribution is -0.136. The summed E-state index contributed by atoms with van der Waals surface area (Å²) in [6, 6.07) is 0. The fourth-order valence-corrected chi connectivity index (χ4v) is 1.92. The molecule has 1 unspecified atom stereocenters. The molecule has 5 N–H and O–H groups in total. The smallest absolute Gasteiger partial charge is 0.316 e. The van der Waals surface area contributed by atoms with Crippen molar-refractivity contribution in [2.75, 3.05) is 11.5 Å². The molecule has 0 saturated heterocycles. The van der Waals surface area contributed by atoms with Crippen molar-refractivity contribution in [3.63, 3.8) is 0 Å². The number of aromatic nitrogens is 3. The molecule has 1 aromatic rings. The van der Waals surface area contributed by atoms with Gasteiger partial charge in [-0.05, 0) is 6.42 Å². The quantitative estimate of drug-likeness (QED) is 0.665. The number of hydrogen-bond acceptors (Lipinski definition) is 7. The molecule has 1 aromatic heterocycles. The van der Waals surface area contributed by atoms with Crippen LogP contribution in [-0.2, 0) is 10.5 Å². The number of thioether (sulfide) groups is 1. The van der Waals surface area contributed by atoms with E-state index in [0.29, 0.717) is 18.0 Å². The molecule has 1 rings (SSSR count). The fraction of sp³-hybridized carbons (Fsp3) is 0.500. The van der Waals surface area contributed by atoms with Crippen molar-refractivity contribution < 1.29 is 9.90 Å². The van der Waals surface area contributed by atoms with Gasteiger partial charge in [0.1, 0.15) is 11.1 Å². The number of rotatable bonds is 5. The lowest BCUT2D eigenvalue weighted by Gasteiger charge is -2.08. The van der Waals surface area contributed by atoms with Gasteiger partial charge in [-0.3, -0.25) is 4.79 Å². The minimum atomic E-state index is -0.845. The van der Waals surface area contributed by atoms with Gasteiger partial charge >= 0.3 is 5.97 Å². The van der Waals surface area contributed by atoms with Gasteiger partial charge in [0.05, 0.1) is 5.75 Å². The summed E-state index contributed by atoms with van der Waals surface area (Å²) in [7, 11) is 0. The summed E-state index contributed by atoms with van der Waals surface area (Å²) in [5.41, 5.74) is 10.8. The van der Waals surface area contributed by atoms with Crippen LogP contribution in [0.25, 0.3) is 0 Å². The SMILES string of the molecule is CCC(SCc1nc(N)nc(N)n1)C(=O)O. The Balaban J connectivity index is 2.63. The van der Waals surface area contributed by atoms with Crippen LogP contribution >= 0.6 is 11.8 Å². The zero-order valence-corrected chi connectivity index (χ0v) is 9.57. The van der Waals surface area contributed by atoms with E-state index in [0.717, 1.165) is 0 Å². The first kappa shape index (κ1) is 12.5. The van der Waals surface area contributed by atoms with Gasteiger partial charge in [0.2, 0.25) is 11.9 Å². The van der Waals surface area contributed by atoms with Crippen LogP contribution in [0.1, 0.15) is 19.2 Å². The first-order valence-corrected chi connectivity index (χ1v) is 5.68. The molecule has 16 heavy (non-hydrogen) atoms. The molecule has 1 heterocycles. The molecule has 0 aliphatic rings. The molecule has 0 radical (unpaired) electrons. The van der Waals surface area contributed by atoms with Crippen molar-refractivity contribution in [2.45, 2.75) is 24.3 Å². The van der Waals surface area contributed by atoms with Crippen LogP contribution in [0.15, 0.2) is 0 Å². The Labute approximate surface area is 96.7 Å². The summed E-state index contributed by atoms with van der Waals surface area (Å²) >= 11 is 1.24. The Morgan fingerprint density at radius 2 is 1.94 bits per heavy atom. The number of nitrogens with zero attached hydrogens (tertiary/aromatic N) is 3. The summed E-state index contributed by atoms with van der Waals surface area (Å²) < 4.78 is 0. The molecule has 0 amide bonds. The maximum absolute atomic E-state index is 10.8. The van der Waals surface area contributed by atoms with Gasteiger partial charge in [0.15, 0.2) is 0 Å². The molecule has 0 aliphatic carbocycles. The van der Waals surface area contributed by atoms with E-state index in [2.05, 4.69) is 15.0 Å². The average Bonchev–Trinajstić information content (AvgIpc) is 2.16. The number of aliphatic carboxylic acids is 1. The third kappa shape index (κ3) is 3.54. The summed E-state index contributed by atoms with van der Waals surface area (Å²) in [5, 5.41) is 8.36. The van der Waals surface area contributed by atoms with Crippen molar-refractivity contribution in [1.29, 1.82) is 0 Å². The molecular formula is C8H13N5O2S. The largest absolute Gasteiger partial charge is 0.480 e. The Kier molecular flexibility index (Phi) is 4.29. The summed E-state index contributed by atoms with van der Waals surface area (Å²) in [5.74, 6) is -0.00278. The zero-order valence-electron chi connectivity index (χ0n) is 8.75. The van der Waals surface area contributed by atoms with Gasteiger partial charge in [0.25, 0.3) is 0 Å². The van der Waals surface area contributed by atoms with E-state index < -0.39 is 11.2 Å². The molecule has 7 nitrogen and oxygen atoms in total. The van der Waals surface area contributed by atoms with E-state index in [1.165, 1.54) is 11.8 Å².